The van der Waals surface area contributed by atoms with Crippen molar-refractivity contribution in [1.29, 1.82) is 0 Å². The standard InChI is InChI=1S/C10H15N3O/c1-10(2-4-11-5-3-10)14-9-6-12-8-13-7-9/h6-8,11H,2-5H2,1H3. The van der Waals surface area contributed by atoms with Crippen LogP contribution in [0.5, 0.6) is 5.75 Å². The van der Waals surface area contributed by atoms with Crippen LogP contribution < -0.4 is 10.1 Å². The van der Waals surface area contributed by atoms with Gasteiger partial charge in [0.1, 0.15) is 11.9 Å². The molecular formula is C10H15N3O. The van der Waals surface area contributed by atoms with Crippen molar-refractivity contribution in [3.05, 3.63) is 18.7 Å². The lowest BCUT2D eigenvalue weighted by atomic mass is 9.94. The summed E-state index contributed by atoms with van der Waals surface area (Å²) in [6.45, 7) is 4.18. The van der Waals surface area contributed by atoms with Crippen LogP contribution in [0.4, 0.5) is 0 Å². The third-order valence-corrected chi connectivity index (χ3v) is 2.56. The average molecular weight is 193 g/mol. The Morgan fingerprint density at radius 1 is 1.29 bits per heavy atom. The molecule has 0 aromatic carbocycles. The number of nitrogens with zero attached hydrogens (tertiary/aromatic N) is 2. The number of piperidine rings is 1. The third-order valence-electron chi connectivity index (χ3n) is 2.56. The SMILES string of the molecule is CC1(Oc2cncnc2)CCNCC1. The van der Waals surface area contributed by atoms with Crippen molar-refractivity contribution in [2.24, 2.45) is 0 Å². The van der Waals surface area contributed by atoms with Gasteiger partial charge < -0.3 is 10.1 Å². The van der Waals surface area contributed by atoms with Gasteiger partial charge in [-0.1, -0.05) is 0 Å². The predicted molar refractivity (Wildman–Crippen MR) is 53.2 cm³/mol. The summed E-state index contributed by atoms with van der Waals surface area (Å²) in [5.41, 5.74) is -0.0596. The highest BCUT2D eigenvalue weighted by Gasteiger charge is 2.28. The summed E-state index contributed by atoms with van der Waals surface area (Å²) < 4.78 is 5.88. The normalized spacial score (nSPS) is 20.4. The second-order valence-corrected chi connectivity index (χ2v) is 3.88. The average Bonchev–Trinajstić information content (AvgIpc) is 2.19. The molecule has 1 aromatic rings. The molecular weight excluding hydrogens is 178 g/mol. The van der Waals surface area contributed by atoms with E-state index < -0.39 is 0 Å². The first-order valence-corrected chi connectivity index (χ1v) is 4.93. The van der Waals surface area contributed by atoms with Crippen LogP contribution in [0, 0.1) is 0 Å². The van der Waals surface area contributed by atoms with E-state index in [1.807, 2.05) is 0 Å². The van der Waals surface area contributed by atoms with Crippen molar-refractivity contribution in [2.75, 3.05) is 13.1 Å². The molecule has 1 fully saturated rings. The van der Waals surface area contributed by atoms with E-state index in [1.54, 1.807) is 12.4 Å². The van der Waals surface area contributed by atoms with Crippen molar-refractivity contribution >= 4 is 0 Å². The van der Waals surface area contributed by atoms with Gasteiger partial charge in [0.05, 0.1) is 12.4 Å². The Labute approximate surface area is 83.7 Å². The van der Waals surface area contributed by atoms with Gasteiger partial charge in [0.2, 0.25) is 0 Å². The lowest BCUT2D eigenvalue weighted by molar-refractivity contribution is 0.0548. The van der Waals surface area contributed by atoms with Crippen molar-refractivity contribution in [1.82, 2.24) is 15.3 Å². The van der Waals surface area contributed by atoms with Crippen LogP contribution in [0.25, 0.3) is 0 Å². The van der Waals surface area contributed by atoms with E-state index in [0.717, 1.165) is 31.7 Å². The zero-order valence-corrected chi connectivity index (χ0v) is 8.36. The highest BCUT2D eigenvalue weighted by Crippen LogP contribution is 2.24. The largest absolute Gasteiger partial charge is 0.484 e. The molecule has 0 bridgehead atoms. The van der Waals surface area contributed by atoms with E-state index in [-0.39, 0.29) is 5.60 Å². The van der Waals surface area contributed by atoms with E-state index in [1.165, 1.54) is 6.33 Å². The molecule has 1 aliphatic heterocycles. The maximum Gasteiger partial charge on any atom is 0.156 e. The Kier molecular flexibility index (Phi) is 2.63. The molecule has 2 heterocycles. The fraction of sp³-hybridized carbons (Fsp3) is 0.600. The Hall–Kier alpha value is -1.16. The van der Waals surface area contributed by atoms with Gasteiger partial charge >= 0.3 is 0 Å². The molecule has 1 aromatic heterocycles. The molecule has 14 heavy (non-hydrogen) atoms. The molecule has 4 nitrogen and oxygen atoms in total. The molecule has 0 atom stereocenters. The summed E-state index contributed by atoms with van der Waals surface area (Å²) in [5, 5.41) is 3.31. The Morgan fingerprint density at radius 2 is 1.93 bits per heavy atom. The van der Waals surface area contributed by atoms with Gasteiger partial charge in [-0.2, -0.15) is 0 Å². The molecule has 0 unspecified atom stereocenters. The van der Waals surface area contributed by atoms with Crippen molar-refractivity contribution in [3.63, 3.8) is 0 Å². The molecule has 0 radical (unpaired) electrons. The van der Waals surface area contributed by atoms with Gasteiger partial charge in [0.15, 0.2) is 5.75 Å². The number of rotatable bonds is 2. The second kappa shape index (κ2) is 3.92. The molecule has 1 saturated heterocycles. The number of aromatic nitrogens is 2. The van der Waals surface area contributed by atoms with E-state index in [0.29, 0.717) is 0 Å². The topological polar surface area (TPSA) is 47.0 Å². The zero-order valence-electron chi connectivity index (χ0n) is 8.36. The highest BCUT2D eigenvalue weighted by atomic mass is 16.5. The molecule has 0 spiro atoms. The first kappa shape index (κ1) is 9.40. The highest BCUT2D eigenvalue weighted by molar-refractivity contribution is 5.12. The van der Waals surface area contributed by atoms with Gasteiger partial charge in [-0.15, -0.1) is 0 Å². The van der Waals surface area contributed by atoms with Crippen LogP contribution in [-0.2, 0) is 0 Å². The third kappa shape index (κ3) is 2.20. The van der Waals surface area contributed by atoms with Crippen molar-refractivity contribution < 1.29 is 4.74 Å². The molecule has 0 amide bonds. The Morgan fingerprint density at radius 3 is 2.57 bits per heavy atom. The van der Waals surface area contributed by atoms with Crippen LogP contribution >= 0.6 is 0 Å². The Balaban J connectivity index is 2.02. The van der Waals surface area contributed by atoms with Crippen LogP contribution in [0.2, 0.25) is 0 Å². The summed E-state index contributed by atoms with van der Waals surface area (Å²) in [7, 11) is 0. The second-order valence-electron chi connectivity index (χ2n) is 3.88. The lowest BCUT2D eigenvalue weighted by Crippen LogP contribution is -2.43. The smallest absolute Gasteiger partial charge is 0.156 e. The van der Waals surface area contributed by atoms with Crippen LogP contribution in [0.1, 0.15) is 19.8 Å². The minimum atomic E-state index is -0.0596. The summed E-state index contributed by atoms with van der Waals surface area (Å²) >= 11 is 0. The van der Waals surface area contributed by atoms with E-state index >= 15 is 0 Å². The van der Waals surface area contributed by atoms with Gasteiger partial charge in [-0.3, -0.25) is 0 Å². The van der Waals surface area contributed by atoms with Gasteiger partial charge in [0.25, 0.3) is 0 Å². The Bertz CT molecular complexity index is 283. The summed E-state index contributed by atoms with van der Waals surface area (Å²) in [4.78, 5) is 7.86. The van der Waals surface area contributed by atoms with Crippen LogP contribution in [0.3, 0.4) is 0 Å². The molecule has 2 rings (SSSR count). The fourth-order valence-corrected chi connectivity index (χ4v) is 1.68. The maximum atomic E-state index is 5.88. The van der Waals surface area contributed by atoms with E-state index in [2.05, 4.69) is 22.2 Å². The zero-order chi connectivity index (χ0) is 9.86. The number of ether oxygens (including phenoxy) is 1. The summed E-state index contributed by atoms with van der Waals surface area (Å²) in [5.74, 6) is 0.761. The summed E-state index contributed by atoms with van der Waals surface area (Å²) in [6.07, 6.45) is 6.99. The first-order valence-electron chi connectivity index (χ1n) is 4.93. The van der Waals surface area contributed by atoms with Crippen molar-refractivity contribution in [2.45, 2.75) is 25.4 Å². The van der Waals surface area contributed by atoms with Crippen LogP contribution in [-0.4, -0.2) is 28.7 Å². The molecule has 0 aliphatic carbocycles. The number of hydrogen-bond acceptors (Lipinski definition) is 4. The minimum absolute atomic E-state index is 0.0596. The quantitative estimate of drug-likeness (QED) is 0.761. The van der Waals surface area contributed by atoms with E-state index in [9.17, 15) is 0 Å². The molecule has 4 heteroatoms. The summed E-state index contributed by atoms with van der Waals surface area (Å²) in [6, 6.07) is 0. The number of nitrogens with one attached hydrogen (secondary N) is 1. The number of hydrogen-bond donors (Lipinski definition) is 1. The van der Waals surface area contributed by atoms with Gasteiger partial charge in [0, 0.05) is 0 Å². The van der Waals surface area contributed by atoms with Crippen LogP contribution in [0.15, 0.2) is 18.7 Å². The molecule has 1 N–H and O–H groups in total. The van der Waals surface area contributed by atoms with Crippen molar-refractivity contribution in [3.8, 4) is 5.75 Å². The predicted octanol–water partition coefficient (Wildman–Crippen LogP) is 0.998. The molecule has 0 saturated carbocycles. The first-order chi connectivity index (χ1) is 6.79. The van der Waals surface area contributed by atoms with Gasteiger partial charge in [-0.05, 0) is 32.9 Å². The lowest BCUT2D eigenvalue weighted by Gasteiger charge is -2.34. The minimum Gasteiger partial charge on any atom is -0.484 e. The fourth-order valence-electron chi connectivity index (χ4n) is 1.68. The maximum absolute atomic E-state index is 5.88. The molecule has 76 valence electrons. The van der Waals surface area contributed by atoms with Gasteiger partial charge in [-0.25, -0.2) is 9.97 Å². The molecule has 1 aliphatic rings. The van der Waals surface area contributed by atoms with E-state index in [4.69, 9.17) is 4.74 Å². The monoisotopic (exact) mass is 193 g/mol.